The first kappa shape index (κ1) is 15.9. The summed E-state index contributed by atoms with van der Waals surface area (Å²) in [4.78, 5) is 3.99. The standard InChI is InChI=1S/C21H17N3O2/c1-25-21-14-15(7-9-20(21)26-16-10-12-22-13-11-16)6-8-19-17-4-2-3-5-18(17)23-24-19/h2-14H,1H3,(H,23,24)/b8-6+. The van der Waals surface area contributed by atoms with Crippen LogP contribution in [0.15, 0.2) is 67.0 Å². The smallest absolute Gasteiger partial charge is 0.169 e. The quantitative estimate of drug-likeness (QED) is 0.558. The Morgan fingerprint density at radius 3 is 2.62 bits per heavy atom. The van der Waals surface area contributed by atoms with Gasteiger partial charge in [-0.1, -0.05) is 30.3 Å². The Kier molecular flexibility index (Phi) is 4.35. The topological polar surface area (TPSA) is 60.0 Å². The molecule has 0 fully saturated rings. The third-order valence-electron chi connectivity index (χ3n) is 4.00. The van der Waals surface area contributed by atoms with E-state index in [-0.39, 0.29) is 0 Å². The van der Waals surface area contributed by atoms with Crippen molar-refractivity contribution in [3.05, 3.63) is 78.2 Å². The van der Waals surface area contributed by atoms with E-state index in [0.29, 0.717) is 17.2 Å². The highest BCUT2D eigenvalue weighted by Gasteiger charge is 2.07. The van der Waals surface area contributed by atoms with Gasteiger partial charge in [0.2, 0.25) is 0 Å². The van der Waals surface area contributed by atoms with Crippen LogP contribution in [-0.4, -0.2) is 22.3 Å². The Labute approximate surface area is 150 Å². The van der Waals surface area contributed by atoms with Crippen LogP contribution in [0.3, 0.4) is 0 Å². The monoisotopic (exact) mass is 343 g/mol. The van der Waals surface area contributed by atoms with Crippen LogP contribution in [-0.2, 0) is 0 Å². The second kappa shape index (κ2) is 7.11. The number of nitrogens with zero attached hydrogens (tertiary/aromatic N) is 2. The molecule has 0 amide bonds. The molecular weight excluding hydrogens is 326 g/mol. The highest BCUT2D eigenvalue weighted by molar-refractivity contribution is 5.89. The van der Waals surface area contributed by atoms with Crippen molar-refractivity contribution in [1.29, 1.82) is 0 Å². The van der Waals surface area contributed by atoms with Gasteiger partial charge in [-0.05, 0) is 42.0 Å². The summed E-state index contributed by atoms with van der Waals surface area (Å²) in [5, 5.41) is 8.48. The summed E-state index contributed by atoms with van der Waals surface area (Å²) in [6.45, 7) is 0. The van der Waals surface area contributed by atoms with Crippen LogP contribution >= 0.6 is 0 Å². The lowest BCUT2D eigenvalue weighted by Crippen LogP contribution is -1.91. The van der Waals surface area contributed by atoms with Gasteiger partial charge in [0, 0.05) is 17.8 Å². The number of methoxy groups -OCH3 is 1. The van der Waals surface area contributed by atoms with Crippen LogP contribution in [0.5, 0.6) is 17.2 Å². The van der Waals surface area contributed by atoms with Crippen LogP contribution in [0.25, 0.3) is 23.1 Å². The van der Waals surface area contributed by atoms with Crippen LogP contribution < -0.4 is 9.47 Å². The molecule has 0 aliphatic carbocycles. The summed E-state index contributed by atoms with van der Waals surface area (Å²) in [6.07, 6.45) is 7.36. The molecule has 0 saturated carbocycles. The number of ether oxygens (including phenoxy) is 2. The van der Waals surface area contributed by atoms with Crippen molar-refractivity contribution in [2.24, 2.45) is 0 Å². The van der Waals surface area contributed by atoms with Gasteiger partial charge in [0.1, 0.15) is 5.75 Å². The molecule has 0 saturated heterocycles. The molecule has 128 valence electrons. The molecule has 2 aromatic carbocycles. The number of rotatable bonds is 5. The minimum atomic E-state index is 0.654. The van der Waals surface area contributed by atoms with Crippen molar-refractivity contribution in [2.75, 3.05) is 7.11 Å². The second-order valence-electron chi connectivity index (χ2n) is 5.68. The molecule has 0 unspecified atom stereocenters. The molecule has 4 rings (SSSR count). The van der Waals surface area contributed by atoms with Crippen LogP contribution in [0.4, 0.5) is 0 Å². The normalized spacial score (nSPS) is 11.1. The molecule has 2 aromatic heterocycles. The van der Waals surface area contributed by atoms with E-state index in [0.717, 1.165) is 22.2 Å². The Hall–Kier alpha value is -3.60. The maximum atomic E-state index is 5.86. The second-order valence-corrected chi connectivity index (χ2v) is 5.68. The summed E-state index contributed by atoms with van der Waals surface area (Å²) in [6, 6.07) is 17.4. The van der Waals surface area contributed by atoms with Gasteiger partial charge in [-0.3, -0.25) is 10.1 Å². The van der Waals surface area contributed by atoms with Gasteiger partial charge in [-0.15, -0.1) is 0 Å². The van der Waals surface area contributed by atoms with E-state index in [1.54, 1.807) is 31.6 Å². The maximum Gasteiger partial charge on any atom is 0.169 e. The van der Waals surface area contributed by atoms with E-state index in [9.17, 15) is 0 Å². The fourth-order valence-electron chi connectivity index (χ4n) is 2.69. The average molecular weight is 343 g/mol. The summed E-state index contributed by atoms with van der Waals surface area (Å²) < 4.78 is 11.3. The zero-order valence-electron chi connectivity index (χ0n) is 14.2. The molecule has 4 aromatic rings. The number of fused-ring (bicyclic) bond motifs is 1. The predicted molar refractivity (Wildman–Crippen MR) is 102 cm³/mol. The molecule has 0 bridgehead atoms. The summed E-state index contributed by atoms with van der Waals surface area (Å²) in [7, 11) is 1.63. The lowest BCUT2D eigenvalue weighted by atomic mass is 10.1. The maximum absolute atomic E-state index is 5.86. The minimum Gasteiger partial charge on any atom is -0.493 e. The zero-order valence-corrected chi connectivity index (χ0v) is 14.2. The Morgan fingerprint density at radius 2 is 1.77 bits per heavy atom. The van der Waals surface area contributed by atoms with Crippen LogP contribution in [0, 0.1) is 0 Å². The van der Waals surface area contributed by atoms with Gasteiger partial charge in [0.15, 0.2) is 11.5 Å². The van der Waals surface area contributed by atoms with Crippen LogP contribution in [0.1, 0.15) is 11.3 Å². The van der Waals surface area contributed by atoms with E-state index < -0.39 is 0 Å². The van der Waals surface area contributed by atoms with Crippen molar-refractivity contribution in [2.45, 2.75) is 0 Å². The number of hydrogen-bond donors (Lipinski definition) is 1. The van der Waals surface area contributed by atoms with Gasteiger partial charge in [0.25, 0.3) is 0 Å². The molecular formula is C21H17N3O2. The predicted octanol–water partition coefficient (Wildman–Crippen LogP) is 4.93. The number of aromatic amines is 1. The Bertz CT molecular complexity index is 1060. The lowest BCUT2D eigenvalue weighted by molar-refractivity contribution is 0.378. The van der Waals surface area contributed by atoms with E-state index in [1.165, 1.54) is 0 Å². The third-order valence-corrected chi connectivity index (χ3v) is 4.00. The number of benzene rings is 2. The molecule has 0 spiro atoms. The largest absolute Gasteiger partial charge is 0.493 e. The first-order valence-electron chi connectivity index (χ1n) is 8.20. The van der Waals surface area contributed by atoms with Gasteiger partial charge >= 0.3 is 0 Å². The molecule has 0 aliphatic rings. The van der Waals surface area contributed by atoms with Gasteiger partial charge in [-0.25, -0.2) is 0 Å². The SMILES string of the molecule is COc1cc(/C=C/c2n[nH]c3ccccc23)ccc1Oc1ccncc1. The number of pyridine rings is 1. The fourth-order valence-corrected chi connectivity index (χ4v) is 2.69. The molecule has 5 heteroatoms. The Balaban J connectivity index is 1.59. The average Bonchev–Trinajstić information content (AvgIpc) is 3.11. The van der Waals surface area contributed by atoms with Crippen molar-refractivity contribution in [1.82, 2.24) is 15.2 Å². The highest BCUT2D eigenvalue weighted by Crippen LogP contribution is 2.32. The Morgan fingerprint density at radius 1 is 0.923 bits per heavy atom. The van der Waals surface area contributed by atoms with E-state index in [4.69, 9.17) is 9.47 Å². The molecule has 0 radical (unpaired) electrons. The van der Waals surface area contributed by atoms with E-state index >= 15 is 0 Å². The molecule has 26 heavy (non-hydrogen) atoms. The zero-order chi connectivity index (χ0) is 17.8. The molecule has 0 atom stereocenters. The van der Waals surface area contributed by atoms with Gasteiger partial charge in [-0.2, -0.15) is 5.10 Å². The van der Waals surface area contributed by atoms with E-state index in [1.807, 2.05) is 54.6 Å². The number of hydrogen-bond acceptors (Lipinski definition) is 4. The molecule has 0 aliphatic heterocycles. The molecule has 2 heterocycles. The fraction of sp³-hybridized carbons (Fsp3) is 0.0476. The molecule has 5 nitrogen and oxygen atoms in total. The van der Waals surface area contributed by atoms with Gasteiger partial charge in [0.05, 0.1) is 18.3 Å². The van der Waals surface area contributed by atoms with Gasteiger partial charge < -0.3 is 9.47 Å². The van der Waals surface area contributed by atoms with Crippen molar-refractivity contribution in [3.63, 3.8) is 0 Å². The van der Waals surface area contributed by atoms with E-state index in [2.05, 4.69) is 15.2 Å². The first-order valence-corrected chi connectivity index (χ1v) is 8.20. The third kappa shape index (κ3) is 3.28. The first-order chi connectivity index (χ1) is 12.8. The highest BCUT2D eigenvalue weighted by atomic mass is 16.5. The molecule has 1 N–H and O–H groups in total. The summed E-state index contributed by atoms with van der Waals surface area (Å²) in [5.41, 5.74) is 2.92. The number of nitrogens with one attached hydrogen (secondary N) is 1. The van der Waals surface area contributed by atoms with Crippen molar-refractivity contribution >= 4 is 23.1 Å². The summed E-state index contributed by atoms with van der Waals surface area (Å²) in [5.74, 6) is 2.03. The lowest BCUT2D eigenvalue weighted by Gasteiger charge is -2.10. The van der Waals surface area contributed by atoms with Crippen molar-refractivity contribution < 1.29 is 9.47 Å². The number of H-pyrrole nitrogens is 1. The van der Waals surface area contributed by atoms with Crippen molar-refractivity contribution in [3.8, 4) is 17.2 Å². The number of para-hydroxylation sites is 1. The minimum absolute atomic E-state index is 0.654. The van der Waals surface area contributed by atoms with Crippen LogP contribution in [0.2, 0.25) is 0 Å². The number of aromatic nitrogens is 3. The summed E-state index contributed by atoms with van der Waals surface area (Å²) >= 11 is 0.